The van der Waals surface area contributed by atoms with Crippen molar-refractivity contribution in [3.63, 3.8) is 0 Å². The molecular formula is C17H19FN2O2S. The molecule has 0 unspecified atom stereocenters. The molecule has 1 fully saturated rings. The van der Waals surface area contributed by atoms with E-state index in [2.05, 4.69) is 4.98 Å². The fourth-order valence-electron chi connectivity index (χ4n) is 2.94. The number of methoxy groups -OCH3 is 1. The molecule has 1 aromatic heterocycles. The SMILES string of the molecule is COc1ccc(F)cc1C(=O)N1CCC[C@@H](c2nc(C)cs2)C1. The van der Waals surface area contributed by atoms with Crippen molar-refractivity contribution in [2.75, 3.05) is 20.2 Å². The molecule has 23 heavy (non-hydrogen) atoms. The lowest BCUT2D eigenvalue weighted by atomic mass is 9.98. The Morgan fingerprint density at radius 3 is 3.00 bits per heavy atom. The minimum absolute atomic E-state index is 0.181. The molecule has 1 aromatic carbocycles. The average Bonchev–Trinajstić information content (AvgIpc) is 3.01. The van der Waals surface area contributed by atoms with Crippen LogP contribution in [0.25, 0.3) is 0 Å². The summed E-state index contributed by atoms with van der Waals surface area (Å²) >= 11 is 1.64. The average molecular weight is 334 g/mol. The molecular weight excluding hydrogens is 315 g/mol. The number of carbonyl (C=O) groups is 1. The number of piperidine rings is 1. The number of thiazole rings is 1. The van der Waals surface area contributed by atoms with Gasteiger partial charge in [0.05, 0.1) is 17.7 Å². The minimum atomic E-state index is -0.432. The molecule has 0 radical (unpaired) electrons. The predicted molar refractivity (Wildman–Crippen MR) is 87.7 cm³/mol. The molecule has 4 nitrogen and oxygen atoms in total. The highest BCUT2D eigenvalue weighted by atomic mass is 32.1. The third kappa shape index (κ3) is 3.37. The van der Waals surface area contributed by atoms with E-state index < -0.39 is 5.82 Å². The molecule has 1 aliphatic heterocycles. The van der Waals surface area contributed by atoms with Crippen LogP contribution in [0.1, 0.15) is 39.8 Å². The summed E-state index contributed by atoms with van der Waals surface area (Å²) in [4.78, 5) is 19.1. The van der Waals surface area contributed by atoms with Crippen LogP contribution in [0.15, 0.2) is 23.6 Å². The zero-order valence-corrected chi connectivity index (χ0v) is 14.0. The zero-order valence-electron chi connectivity index (χ0n) is 13.2. The molecule has 0 N–H and O–H groups in total. The van der Waals surface area contributed by atoms with Crippen molar-refractivity contribution < 1.29 is 13.9 Å². The van der Waals surface area contributed by atoms with E-state index in [4.69, 9.17) is 4.74 Å². The van der Waals surface area contributed by atoms with Gasteiger partial charge in [-0.2, -0.15) is 0 Å². The van der Waals surface area contributed by atoms with Crippen molar-refractivity contribution in [2.45, 2.75) is 25.7 Å². The van der Waals surface area contributed by atoms with Gasteiger partial charge in [-0.3, -0.25) is 4.79 Å². The van der Waals surface area contributed by atoms with E-state index in [9.17, 15) is 9.18 Å². The van der Waals surface area contributed by atoms with Gasteiger partial charge in [0, 0.05) is 30.1 Å². The number of aromatic nitrogens is 1. The number of hydrogen-bond acceptors (Lipinski definition) is 4. The molecule has 1 saturated heterocycles. The molecule has 122 valence electrons. The molecule has 0 aliphatic carbocycles. The first kappa shape index (κ1) is 15.9. The summed E-state index contributed by atoms with van der Waals surface area (Å²) < 4.78 is 18.7. The third-order valence-electron chi connectivity index (χ3n) is 4.09. The topological polar surface area (TPSA) is 42.4 Å². The number of amides is 1. The van der Waals surface area contributed by atoms with Gasteiger partial charge < -0.3 is 9.64 Å². The predicted octanol–water partition coefficient (Wildman–Crippen LogP) is 3.62. The molecule has 0 spiro atoms. The largest absolute Gasteiger partial charge is 0.496 e. The smallest absolute Gasteiger partial charge is 0.257 e. The maximum absolute atomic E-state index is 13.5. The van der Waals surface area contributed by atoms with E-state index in [-0.39, 0.29) is 17.4 Å². The Hall–Kier alpha value is -1.95. The monoisotopic (exact) mass is 334 g/mol. The molecule has 2 heterocycles. The highest BCUT2D eigenvalue weighted by molar-refractivity contribution is 7.09. The summed E-state index contributed by atoms with van der Waals surface area (Å²) in [5.74, 6) is 0.0483. The van der Waals surface area contributed by atoms with Crippen LogP contribution in [-0.4, -0.2) is 36.0 Å². The summed E-state index contributed by atoms with van der Waals surface area (Å²) in [6.45, 7) is 3.27. The second-order valence-electron chi connectivity index (χ2n) is 5.76. The van der Waals surface area contributed by atoms with Crippen molar-refractivity contribution >= 4 is 17.2 Å². The molecule has 0 saturated carbocycles. The van der Waals surface area contributed by atoms with Crippen molar-refractivity contribution in [1.82, 2.24) is 9.88 Å². The molecule has 1 aliphatic rings. The van der Waals surface area contributed by atoms with Gasteiger partial charge >= 0.3 is 0 Å². The Bertz CT molecular complexity index is 716. The van der Waals surface area contributed by atoms with Gasteiger partial charge in [-0.1, -0.05) is 0 Å². The van der Waals surface area contributed by atoms with Gasteiger partial charge in [-0.25, -0.2) is 9.37 Å². The Kier molecular flexibility index (Phi) is 4.61. The Labute approximate surface area is 138 Å². The maximum Gasteiger partial charge on any atom is 0.257 e. The van der Waals surface area contributed by atoms with Gasteiger partial charge in [0.2, 0.25) is 0 Å². The normalized spacial score (nSPS) is 18.0. The van der Waals surface area contributed by atoms with Crippen LogP contribution in [-0.2, 0) is 0 Å². The lowest BCUT2D eigenvalue weighted by Crippen LogP contribution is -2.39. The standard InChI is InChI=1S/C17H19FN2O2S/c1-11-10-23-16(19-11)12-4-3-7-20(9-12)17(21)14-8-13(18)5-6-15(14)22-2/h5-6,8,10,12H,3-4,7,9H2,1-2H3/t12-/m1/s1. The number of likely N-dealkylation sites (tertiary alicyclic amines) is 1. The number of benzene rings is 1. The molecule has 6 heteroatoms. The zero-order chi connectivity index (χ0) is 16.4. The first-order valence-electron chi connectivity index (χ1n) is 7.63. The van der Waals surface area contributed by atoms with E-state index in [0.29, 0.717) is 18.8 Å². The summed E-state index contributed by atoms with van der Waals surface area (Å²) in [6, 6.07) is 4.04. The van der Waals surface area contributed by atoms with Crippen LogP contribution in [0.2, 0.25) is 0 Å². The van der Waals surface area contributed by atoms with Crippen LogP contribution < -0.4 is 4.74 Å². The van der Waals surface area contributed by atoms with E-state index in [1.54, 1.807) is 16.2 Å². The molecule has 1 atom stereocenters. The van der Waals surface area contributed by atoms with Gasteiger partial charge in [-0.15, -0.1) is 11.3 Å². The van der Waals surface area contributed by atoms with Crippen molar-refractivity contribution in [3.05, 3.63) is 45.7 Å². The van der Waals surface area contributed by atoms with Gasteiger partial charge in [0.25, 0.3) is 5.91 Å². The Morgan fingerprint density at radius 1 is 1.48 bits per heavy atom. The van der Waals surface area contributed by atoms with E-state index in [1.165, 1.54) is 25.3 Å². The Morgan fingerprint density at radius 2 is 2.30 bits per heavy atom. The fraction of sp³-hybridized carbons (Fsp3) is 0.412. The number of rotatable bonds is 3. The third-order valence-corrected chi connectivity index (χ3v) is 5.21. The van der Waals surface area contributed by atoms with Gasteiger partial charge in [0.1, 0.15) is 11.6 Å². The molecule has 3 rings (SSSR count). The van der Waals surface area contributed by atoms with E-state index in [0.717, 1.165) is 23.5 Å². The summed E-state index contributed by atoms with van der Waals surface area (Å²) in [7, 11) is 1.49. The first-order chi connectivity index (χ1) is 11.1. The number of hydrogen-bond donors (Lipinski definition) is 0. The van der Waals surface area contributed by atoms with Crippen LogP contribution in [0, 0.1) is 12.7 Å². The van der Waals surface area contributed by atoms with E-state index in [1.807, 2.05) is 12.3 Å². The summed E-state index contributed by atoms with van der Waals surface area (Å²) in [5, 5.41) is 3.11. The van der Waals surface area contributed by atoms with Gasteiger partial charge in [0.15, 0.2) is 0 Å². The fourth-order valence-corrected chi connectivity index (χ4v) is 3.87. The number of nitrogens with zero attached hydrogens (tertiary/aromatic N) is 2. The van der Waals surface area contributed by atoms with Gasteiger partial charge in [-0.05, 0) is 38.0 Å². The number of carbonyl (C=O) groups excluding carboxylic acids is 1. The highest BCUT2D eigenvalue weighted by Gasteiger charge is 2.28. The number of ether oxygens (including phenoxy) is 1. The molecule has 1 amide bonds. The highest BCUT2D eigenvalue weighted by Crippen LogP contribution is 2.31. The second-order valence-corrected chi connectivity index (χ2v) is 6.65. The van der Waals surface area contributed by atoms with Crippen LogP contribution in [0.4, 0.5) is 4.39 Å². The quantitative estimate of drug-likeness (QED) is 0.861. The molecule has 2 aromatic rings. The lowest BCUT2D eigenvalue weighted by molar-refractivity contribution is 0.0703. The molecule has 0 bridgehead atoms. The first-order valence-corrected chi connectivity index (χ1v) is 8.51. The van der Waals surface area contributed by atoms with Crippen LogP contribution in [0.5, 0.6) is 5.75 Å². The minimum Gasteiger partial charge on any atom is -0.496 e. The number of aryl methyl sites for hydroxylation is 1. The van der Waals surface area contributed by atoms with Crippen LogP contribution >= 0.6 is 11.3 Å². The van der Waals surface area contributed by atoms with Crippen molar-refractivity contribution in [3.8, 4) is 5.75 Å². The Balaban J connectivity index is 1.81. The maximum atomic E-state index is 13.5. The van der Waals surface area contributed by atoms with Crippen molar-refractivity contribution in [2.24, 2.45) is 0 Å². The summed E-state index contributed by atoms with van der Waals surface area (Å²) in [5.41, 5.74) is 1.30. The number of halogens is 1. The lowest BCUT2D eigenvalue weighted by Gasteiger charge is -2.32. The van der Waals surface area contributed by atoms with Crippen molar-refractivity contribution in [1.29, 1.82) is 0 Å². The van der Waals surface area contributed by atoms with Crippen LogP contribution in [0.3, 0.4) is 0 Å². The second kappa shape index (κ2) is 6.66. The van der Waals surface area contributed by atoms with E-state index >= 15 is 0 Å². The summed E-state index contributed by atoms with van der Waals surface area (Å²) in [6.07, 6.45) is 1.95.